The van der Waals surface area contributed by atoms with E-state index in [9.17, 15) is 17.6 Å². The summed E-state index contributed by atoms with van der Waals surface area (Å²) in [5.41, 5.74) is -0.676. The number of hydrogen-bond acceptors (Lipinski definition) is 5. The highest BCUT2D eigenvalue weighted by atomic mass is 32.2. The number of carboxylic acids is 1. The van der Waals surface area contributed by atoms with Crippen LogP contribution in [0, 0.1) is 5.82 Å². The number of aromatic carboxylic acids is 1. The van der Waals surface area contributed by atoms with Crippen molar-refractivity contribution in [2.45, 2.75) is 4.90 Å². The molecule has 2 aromatic rings. The summed E-state index contributed by atoms with van der Waals surface area (Å²) >= 11 is 0. The van der Waals surface area contributed by atoms with Gasteiger partial charge in [0.05, 0.1) is 11.9 Å². The molecule has 0 saturated carbocycles. The fraction of sp³-hybridized carbons (Fsp3) is 0. The first-order valence-electron chi connectivity index (χ1n) is 5.22. The van der Waals surface area contributed by atoms with Crippen LogP contribution in [0.15, 0.2) is 41.7 Å². The Bertz CT molecular complexity index is 764. The molecule has 2 aromatic heterocycles. The first-order chi connectivity index (χ1) is 9.40. The molecule has 9 heteroatoms. The summed E-state index contributed by atoms with van der Waals surface area (Å²) in [4.78, 5) is 17.5. The number of nitrogens with zero attached hydrogens (tertiary/aromatic N) is 2. The molecule has 0 aliphatic rings. The number of anilines is 1. The van der Waals surface area contributed by atoms with E-state index in [0.29, 0.717) is 0 Å². The summed E-state index contributed by atoms with van der Waals surface area (Å²) in [7, 11) is -4.15. The zero-order valence-electron chi connectivity index (χ0n) is 9.82. The second kappa shape index (κ2) is 5.21. The normalized spacial score (nSPS) is 11.1. The Balaban J connectivity index is 2.41. The lowest BCUT2D eigenvalue weighted by Gasteiger charge is -2.09. The summed E-state index contributed by atoms with van der Waals surface area (Å²) in [5, 5.41) is 8.91. The molecular formula is C11H8FN3O4S. The Labute approximate surface area is 113 Å². The molecule has 0 atom stereocenters. The van der Waals surface area contributed by atoms with Crippen LogP contribution in [0.4, 0.5) is 10.1 Å². The lowest BCUT2D eigenvalue weighted by atomic mass is 10.3. The van der Waals surface area contributed by atoms with Gasteiger partial charge in [-0.05, 0) is 18.2 Å². The minimum Gasteiger partial charge on any atom is -0.476 e. The van der Waals surface area contributed by atoms with Crippen molar-refractivity contribution in [1.82, 2.24) is 9.97 Å². The number of aromatic nitrogens is 2. The van der Waals surface area contributed by atoms with Crippen LogP contribution in [0.5, 0.6) is 0 Å². The molecule has 0 aromatic carbocycles. The third kappa shape index (κ3) is 2.88. The Morgan fingerprint density at radius 3 is 2.75 bits per heavy atom. The Morgan fingerprint density at radius 2 is 2.10 bits per heavy atom. The Hall–Kier alpha value is -2.55. The number of pyridine rings is 2. The van der Waals surface area contributed by atoms with E-state index in [4.69, 9.17) is 5.11 Å². The molecule has 0 unspecified atom stereocenters. The number of halogens is 1. The summed E-state index contributed by atoms with van der Waals surface area (Å²) < 4.78 is 39.0. The van der Waals surface area contributed by atoms with Gasteiger partial charge in [0.1, 0.15) is 10.7 Å². The van der Waals surface area contributed by atoms with E-state index in [1.165, 1.54) is 18.3 Å². The largest absolute Gasteiger partial charge is 0.476 e. The van der Waals surface area contributed by atoms with Gasteiger partial charge in [-0.25, -0.2) is 22.6 Å². The van der Waals surface area contributed by atoms with Crippen molar-refractivity contribution < 1.29 is 22.7 Å². The van der Waals surface area contributed by atoms with Crippen molar-refractivity contribution in [1.29, 1.82) is 0 Å². The number of carboxylic acid groups (broad SMARTS) is 1. The van der Waals surface area contributed by atoms with Gasteiger partial charge in [-0.1, -0.05) is 0 Å². The highest BCUT2D eigenvalue weighted by Crippen LogP contribution is 2.18. The van der Waals surface area contributed by atoms with Gasteiger partial charge in [0.25, 0.3) is 10.0 Å². The molecule has 2 N–H and O–H groups in total. The quantitative estimate of drug-likeness (QED) is 0.875. The predicted octanol–water partition coefficient (Wildman–Crippen LogP) is 1.11. The monoisotopic (exact) mass is 297 g/mol. The highest BCUT2D eigenvalue weighted by Gasteiger charge is 2.19. The third-order valence-electron chi connectivity index (χ3n) is 2.24. The van der Waals surface area contributed by atoms with Crippen molar-refractivity contribution in [3.05, 3.63) is 48.3 Å². The molecule has 0 fully saturated rings. The van der Waals surface area contributed by atoms with E-state index in [0.717, 1.165) is 18.5 Å². The molecule has 7 nitrogen and oxygen atoms in total. The maximum atomic E-state index is 13.0. The van der Waals surface area contributed by atoms with Gasteiger partial charge in [-0.3, -0.25) is 9.71 Å². The first kappa shape index (κ1) is 13.9. The fourth-order valence-corrected chi connectivity index (χ4v) is 2.44. The SMILES string of the molecule is O=C(O)c1ncccc1NS(=O)(=O)c1cncc(F)c1. The standard InChI is InChI=1S/C11H8FN3O4S/c12-7-4-8(6-13-5-7)20(18,19)15-9-2-1-3-14-10(9)11(16)17/h1-6,15H,(H,16,17). The van der Waals surface area contributed by atoms with Crippen molar-refractivity contribution in [3.8, 4) is 0 Å². The van der Waals surface area contributed by atoms with E-state index in [2.05, 4.69) is 9.97 Å². The van der Waals surface area contributed by atoms with E-state index >= 15 is 0 Å². The summed E-state index contributed by atoms with van der Waals surface area (Å²) in [6.45, 7) is 0. The zero-order valence-corrected chi connectivity index (χ0v) is 10.6. The van der Waals surface area contributed by atoms with Crippen molar-refractivity contribution in [2.75, 3.05) is 4.72 Å². The molecule has 0 spiro atoms. The second-order valence-electron chi connectivity index (χ2n) is 3.65. The molecular weight excluding hydrogens is 289 g/mol. The van der Waals surface area contributed by atoms with E-state index < -0.39 is 32.4 Å². The van der Waals surface area contributed by atoms with Gasteiger partial charge >= 0.3 is 5.97 Å². The maximum absolute atomic E-state index is 13.0. The maximum Gasteiger partial charge on any atom is 0.356 e. The van der Waals surface area contributed by atoms with Crippen LogP contribution in [0.25, 0.3) is 0 Å². The van der Waals surface area contributed by atoms with Crippen molar-refractivity contribution in [3.63, 3.8) is 0 Å². The molecule has 0 radical (unpaired) electrons. The minimum absolute atomic E-state index is 0.218. The van der Waals surface area contributed by atoms with Crippen molar-refractivity contribution in [2.24, 2.45) is 0 Å². The highest BCUT2D eigenvalue weighted by molar-refractivity contribution is 7.92. The molecule has 0 aliphatic heterocycles. The summed E-state index contributed by atoms with van der Waals surface area (Å²) in [6, 6.07) is 3.38. The van der Waals surface area contributed by atoms with Gasteiger partial charge in [0.15, 0.2) is 5.69 Å². The molecule has 20 heavy (non-hydrogen) atoms. The van der Waals surface area contributed by atoms with Gasteiger partial charge in [-0.15, -0.1) is 0 Å². The first-order valence-corrected chi connectivity index (χ1v) is 6.70. The lowest BCUT2D eigenvalue weighted by molar-refractivity contribution is 0.0692. The summed E-state index contributed by atoms with van der Waals surface area (Å²) in [6.07, 6.45) is 3.01. The zero-order chi connectivity index (χ0) is 14.8. The molecule has 2 heterocycles. The van der Waals surface area contributed by atoms with Crippen LogP contribution in [0.1, 0.15) is 10.5 Å². The van der Waals surface area contributed by atoms with Crippen LogP contribution < -0.4 is 4.72 Å². The van der Waals surface area contributed by atoms with Gasteiger partial charge in [0, 0.05) is 12.4 Å². The summed E-state index contributed by atoms with van der Waals surface area (Å²) in [5.74, 6) is -2.21. The lowest BCUT2D eigenvalue weighted by Crippen LogP contribution is -2.16. The van der Waals surface area contributed by atoms with E-state index in [-0.39, 0.29) is 5.69 Å². The Kier molecular flexibility index (Phi) is 3.61. The van der Waals surface area contributed by atoms with Gasteiger partial charge in [0.2, 0.25) is 0 Å². The fourth-order valence-electron chi connectivity index (χ4n) is 1.40. The average molecular weight is 297 g/mol. The van der Waals surface area contributed by atoms with Crippen LogP contribution in [0.2, 0.25) is 0 Å². The minimum atomic E-state index is -4.15. The topological polar surface area (TPSA) is 109 Å². The molecule has 0 saturated heterocycles. The molecule has 0 aliphatic carbocycles. The van der Waals surface area contributed by atoms with Crippen LogP contribution in [-0.4, -0.2) is 29.5 Å². The van der Waals surface area contributed by atoms with E-state index in [1.807, 2.05) is 4.72 Å². The third-order valence-corrected chi connectivity index (χ3v) is 3.58. The molecule has 0 bridgehead atoms. The van der Waals surface area contributed by atoms with Crippen LogP contribution in [0.3, 0.4) is 0 Å². The number of rotatable bonds is 4. The number of sulfonamides is 1. The van der Waals surface area contributed by atoms with Crippen LogP contribution in [-0.2, 0) is 10.0 Å². The predicted molar refractivity (Wildman–Crippen MR) is 66.2 cm³/mol. The smallest absolute Gasteiger partial charge is 0.356 e. The molecule has 2 rings (SSSR count). The van der Waals surface area contributed by atoms with Crippen LogP contribution >= 0.6 is 0 Å². The number of carbonyl (C=O) groups is 1. The number of nitrogens with one attached hydrogen (secondary N) is 1. The average Bonchev–Trinajstić information content (AvgIpc) is 2.38. The molecule has 0 amide bonds. The van der Waals surface area contributed by atoms with Crippen molar-refractivity contribution >= 4 is 21.7 Å². The van der Waals surface area contributed by atoms with Gasteiger partial charge in [-0.2, -0.15) is 0 Å². The van der Waals surface area contributed by atoms with Gasteiger partial charge < -0.3 is 5.11 Å². The van der Waals surface area contributed by atoms with E-state index in [1.54, 1.807) is 0 Å². The second-order valence-corrected chi connectivity index (χ2v) is 5.33. The number of hydrogen-bond donors (Lipinski definition) is 2. The Morgan fingerprint density at radius 1 is 1.35 bits per heavy atom. The molecule has 104 valence electrons.